The molecular weight excluding hydrogens is 358 g/mol. The average molecular weight is 374 g/mol. The molecule has 0 fully saturated rings. The van der Waals surface area contributed by atoms with Gasteiger partial charge in [-0.2, -0.15) is 0 Å². The van der Waals surface area contributed by atoms with E-state index in [4.69, 9.17) is 0 Å². The predicted octanol–water partition coefficient (Wildman–Crippen LogP) is 0.992. The minimum absolute atomic E-state index is 0.0184. The molecule has 1 N–H and O–H groups in total. The topological polar surface area (TPSA) is 80.1 Å². The Balaban J connectivity index is 1.97. The Morgan fingerprint density at radius 1 is 1.33 bits per heavy atom. The molecule has 21 heavy (non-hydrogen) atoms. The summed E-state index contributed by atoms with van der Waals surface area (Å²) in [5.41, 5.74) is 1.03. The fraction of sp³-hybridized carbons (Fsp3) is 0.333. The smallest absolute Gasteiger partial charge is 0.260 e. The highest BCUT2D eigenvalue weighted by Gasteiger charge is 2.23. The zero-order valence-corrected chi connectivity index (χ0v) is 14.1. The summed E-state index contributed by atoms with van der Waals surface area (Å²) in [6.07, 6.45) is 0. The monoisotopic (exact) mass is 373 g/mol. The lowest BCUT2D eigenvalue weighted by atomic mass is 10.3. The lowest BCUT2D eigenvalue weighted by Gasteiger charge is -2.19. The molecule has 114 valence electrons. The molecule has 0 atom stereocenters. The number of hydrogen-bond donors (Lipinski definition) is 1. The number of hydrogen-bond acceptors (Lipinski definition) is 5. The van der Waals surface area contributed by atoms with Gasteiger partial charge in [-0.25, -0.2) is 17.8 Å². The molecule has 0 unspecified atom stereocenters. The third-order valence-corrected chi connectivity index (χ3v) is 5.28. The van der Waals surface area contributed by atoms with E-state index < -0.39 is 10.0 Å². The van der Waals surface area contributed by atoms with Crippen molar-refractivity contribution in [1.82, 2.24) is 19.7 Å². The van der Waals surface area contributed by atoms with Gasteiger partial charge < -0.3 is 4.90 Å². The van der Waals surface area contributed by atoms with Crippen molar-refractivity contribution in [2.75, 3.05) is 25.0 Å². The Morgan fingerprint density at radius 2 is 2.00 bits per heavy atom. The second kappa shape index (κ2) is 6.54. The highest BCUT2D eigenvalue weighted by molar-refractivity contribution is 9.10. The van der Waals surface area contributed by atoms with E-state index in [1.807, 2.05) is 42.3 Å². The molecule has 0 saturated carbocycles. The van der Waals surface area contributed by atoms with Gasteiger partial charge in [-0.3, -0.25) is 0 Å². The lowest BCUT2D eigenvalue weighted by molar-refractivity contribution is 0.560. The Bertz CT molecular complexity index is 682. The Morgan fingerprint density at radius 3 is 2.57 bits per heavy atom. The molecule has 2 aromatic rings. The SMILES string of the molecule is CN(CCNS(=O)(=O)c1c(Br)nnn1C)c1ccccc1. The molecule has 7 nitrogen and oxygen atoms in total. The largest absolute Gasteiger partial charge is 0.373 e. The van der Waals surface area contributed by atoms with Crippen LogP contribution in [0.15, 0.2) is 40.0 Å². The number of likely N-dealkylation sites (N-methyl/N-ethyl adjacent to an activating group) is 1. The lowest BCUT2D eigenvalue weighted by Crippen LogP contribution is -2.34. The molecule has 0 bridgehead atoms. The zero-order valence-electron chi connectivity index (χ0n) is 11.7. The molecule has 0 amide bonds. The van der Waals surface area contributed by atoms with E-state index in [0.29, 0.717) is 6.54 Å². The predicted molar refractivity (Wildman–Crippen MR) is 83.6 cm³/mol. The molecule has 0 aliphatic carbocycles. The first kappa shape index (κ1) is 15.9. The zero-order chi connectivity index (χ0) is 15.5. The van der Waals surface area contributed by atoms with Gasteiger partial charge in [0.1, 0.15) is 0 Å². The molecule has 9 heteroatoms. The number of nitrogens with zero attached hydrogens (tertiary/aromatic N) is 4. The number of para-hydroxylation sites is 1. The van der Waals surface area contributed by atoms with Crippen LogP contribution in [-0.4, -0.2) is 43.5 Å². The molecule has 1 aromatic heterocycles. The van der Waals surface area contributed by atoms with Crippen LogP contribution in [0.2, 0.25) is 0 Å². The molecule has 0 saturated heterocycles. The highest BCUT2D eigenvalue weighted by Crippen LogP contribution is 2.17. The van der Waals surface area contributed by atoms with E-state index >= 15 is 0 Å². The number of benzene rings is 1. The van der Waals surface area contributed by atoms with Crippen LogP contribution in [0.4, 0.5) is 5.69 Å². The van der Waals surface area contributed by atoms with Crippen molar-refractivity contribution in [1.29, 1.82) is 0 Å². The fourth-order valence-electron chi connectivity index (χ4n) is 1.84. The van der Waals surface area contributed by atoms with E-state index in [-0.39, 0.29) is 16.2 Å². The van der Waals surface area contributed by atoms with Gasteiger partial charge in [0, 0.05) is 32.9 Å². The summed E-state index contributed by atoms with van der Waals surface area (Å²) in [7, 11) is -0.204. The Labute approximate surface area is 132 Å². The number of halogens is 1. The molecular formula is C12H16BrN5O2S. The van der Waals surface area contributed by atoms with Crippen LogP contribution in [-0.2, 0) is 17.1 Å². The van der Waals surface area contributed by atoms with E-state index in [1.165, 1.54) is 11.7 Å². The van der Waals surface area contributed by atoms with Gasteiger partial charge in [0.05, 0.1) is 0 Å². The van der Waals surface area contributed by atoms with Gasteiger partial charge in [0.2, 0.25) is 5.03 Å². The number of aromatic nitrogens is 3. The number of aryl methyl sites for hydroxylation is 1. The normalized spacial score (nSPS) is 11.6. The quantitative estimate of drug-likeness (QED) is 0.816. The van der Waals surface area contributed by atoms with Crippen LogP contribution in [0.25, 0.3) is 0 Å². The summed E-state index contributed by atoms with van der Waals surface area (Å²) in [6.45, 7) is 0.831. The van der Waals surface area contributed by atoms with Crippen molar-refractivity contribution in [3.05, 3.63) is 34.9 Å². The van der Waals surface area contributed by atoms with Gasteiger partial charge >= 0.3 is 0 Å². The maximum Gasteiger partial charge on any atom is 0.260 e. The molecule has 0 aliphatic heterocycles. The van der Waals surface area contributed by atoms with Crippen molar-refractivity contribution in [3.63, 3.8) is 0 Å². The van der Waals surface area contributed by atoms with Gasteiger partial charge in [0.15, 0.2) is 4.60 Å². The summed E-state index contributed by atoms with van der Waals surface area (Å²) in [5, 5.41) is 7.36. The standard InChI is InChI=1S/C12H16BrN5O2S/c1-17(10-6-4-3-5-7-10)9-8-14-21(19,20)12-11(13)15-16-18(12)2/h3-7,14H,8-9H2,1-2H3. The van der Waals surface area contributed by atoms with E-state index in [0.717, 1.165) is 5.69 Å². The second-order valence-electron chi connectivity index (χ2n) is 4.46. The number of sulfonamides is 1. The van der Waals surface area contributed by atoms with Crippen LogP contribution in [0.1, 0.15) is 0 Å². The van der Waals surface area contributed by atoms with Crippen LogP contribution in [0, 0.1) is 0 Å². The first-order chi connectivity index (χ1) is 9.92. The third kappa shape index (κ3) is 3.80. The van der Waals surface area contributed by atoms with Crippen LogP contribution < -0.4 is 9.62 Å². The molecule has 0 spiro atoms. The molecule has 2 rings (SSSR count). The average Bonchev–Trinajstić information content (AvgIpc) is 2.79. The minimum atomic E-state index is -3.64. The highest BCUT2D eigenvalue weighted by atomic mass is 79.9. The maximum absolute atomic E-state index is 12.2. The Kier molecular flexibility index (Phi) is 4.96. The summed E-state index contributed by atoms with van der Waals surface area (Å²) in [6, 6.07) is 9.75. The summed E-state index contributed by atoms with van der Waals surface area (Å²) >= 11 is 3.09. The molecule has 0 radical (unpaired) electrons. The van der Waals surface area contributed by atoms with E-state index in [9.17, 15) is 8.42 Å². The van der Waals surface area contributed by atoms with Crippen LogP contribution in [0.3, 0.4) is 0 Å². The van der Waals surface area contributed by atoms with Crippen molar-refractivity contribution in [3.8, 4) is 0 Å². The molecule has 0 aliphatic rings. The van der Waals surface area contributed by atoms with Crippen LogP contribution in [0.5, 0.6) is 0 Å². The van der Waals surface area contributed by atoms with Gasteiger partial charge in [0.25, 0.3) is 10.0 Å². The minimum Gasteiger partial charge on any atom is -0.373 e. The maximum atomic E-state index is 12.2. The first-order valence-corrected chi connectivity index (χ1v) is 8.50. The van der Waals surface area contributed by atoms with Gasteiger partial charge in [-0.05, 0) is 28.1 Å². The summed E-state index contributed by atoms with van der Waals surface area (Å²) in [5.74, 6) is 0. The van der Waals surface area contributed by atoms with Gasteiger partial charge in [-0.1, -0.05) is 23.4 Å². The fourth-order valence-corrected chi connectivity index (χ4v) is 3.95. The first-order valence-electron chi connectivity index (χ1n) is 6.23. The molecule has 1 aromatic carbocycles. The number of nitrogens with one attached hydrogen (secondary N) is 1. The van der Waals surface area contributed by atoms with E-state index in [1.54, 1.807) is 0 Å². The summed E-state index contributed by atoms with van der Waals surface area (Å²) < 4.78 is 28.3. The van der Waals surface area contributed by atoms with Gasteiger partial charge in [-0.15, -0.1) is 5.10 Å². The van der Waals surface area contributed by atoms with Crippen molar-refractivity contribution in [2.45, 2.75) is 5.03 Å². The van der Waals surface area contributed by atoms with E-state index in [2.05, 4.69) is 31.0 Å². The third-order valence-electron chi connectivity index (χ3n) is 2.93. The molecule has 1 heterocycles. The number of anilines is 1. The van der Waals surface area contributed by atoms with Crippen LogP contribution >= 0.6 is 15.9 Å². The van der Waals surface area contributed by atoms with Crippen molar-refractivity contribution < 1.29 is 8.42 Å². The Hall–Kier alpha value is -1.45. The van der Waals surface area contributed by atoms with Crippen molar-refractivity contribution >= 4 is 31.6 Å². The number of rotatable bonds is 6. The van der Waals surface area contributed by atoms with Crippen molar-refractivity contribution in [2.24, 2.45) is 7.05 Å². The second-order valence-corrected chi connectivity index (χ2v) is 6.90. The summed E-state index contributed by atoms with van der Waals surface area (Å²) in [4.78, 5) is 1.97.